The smallest absolute Gasteiger partial charge is 0.251 e. The van der Waals surface area contributed by atoms with E-state index in [0.29, 0.717) is 30.0 Å². The third-order valence-electron chi connectivity index (χ3n) is 5.38. The van der Waals surface area contributed by atoms with E-state index in [0.717, 1.165) is 24.1 Å². The van der Waals surface area contributed by atoms with Crippen LogP contribution in [0.1, 0.15) is 48.0 Å². The Morgan fingerprint density at radius 1 is 1.21 bits per heavy atom. The second-order valence-corrected chi connectivity index (χ2v) is 9.36. The molecule has 0 bridgehead atoms. The first kappa shape index (κ1) is 15.9. The van der Waals surface area contributed by atoms with Crippen LogP contribution in [0.25, 0.3) is 0 Å². The zero-order valence-corrected chi connectivity index (χ0v) is 14.8. The van der Waals surface area contributed by atoms with Crippen molar-refractivity contribution in [3.63, 3.8) is 0 Å². The monoisotopic (exact) mass is 348 g/mol. The van der Waals surface area contributed by atoms with Crippen LogP contribution in [0.15, 0.2) is 18.2 Å². The average Bonchev–Trinajstić information content (AvgIpc) is 3.43. The van der Waals surface area contributed by atoms with Gasteiger partial charge in [0.2, 0.25) is 10.0 Å². The Labute approximate surface area is 143 Å². The molecule has 6 heteroatoms. The number of sulfonamides is 1. The predicted molar refractivity (Wildman–Crippen MR) is 93.7 cm³/mol. The number of benzene rings is 1. The highest BCUT2D eigenvalue weighted by Gasteiger charge is 2.42. The van der Waals surface area contributed by atoms with E-state index in [2.05, 4.69) is 5.32 Å². The van der Waals surface area contributed by atoms with Crippen molar-refractivity contribution in [3.8, 4) is 0 Å². The number of carbonyl (C=O) groups is 1. The first-order valence-corrected chi connectivity index (χ1v) is 10.7. The minimum absolute atomic E-state index is 0.0157. The molecule has 130 valence electrons. The third-order valence-corrected chi connectivity index (χ3v) is 6.56. The number of amides is 1. The van der Waals surface area contributed by atoms with Gasteiger partial charge in [-0.2, -0.15) is 0 Å². The largest absolute Gasteiger partial charge is 0.349 e. The number of hydrogen-bond donors (Lipinski definition) is 1. The molecule has 4 rings (SSSR count). The van der Waals surface area contributed by atoms with Gasteiger partial charge in [-0.3, -0.25) is 9.10 Å². The fourth-order valence-corrected chi connectivity index (χ4v) is 4.81. The lowest BCUT2D eigenvalue weighted by molar-refractivity contribution is 0.0926. The van der Waals surface area contributed by atoms with Crippen LogP contribution in [-0.2, 0) is 16.4 Å². The molecule has 5 nitrogen and oxygen atoms in total. The van der Waals surface area contributed by atoms with Crippen LogP contribution in [0.4, 0.5) is 5.69 Å². The van der Waals surface area contributed by atoms with Crippen LogP contribution in [0.5, 0.6) is 0 Å². The second kappa shape index (κ2) is 5.76. The van der Waals surface area contributed by atoms with Crippen molar-refractivity contribution in [1.82, 2.24) is 5.32 Å². The number of carbonyl (C=O) groups excluding carboxylic acids is 1. The summed E-state index contributed by atoms with van der Waals surface area (Å²) in [5.74, 6) is 1.32. The number of anilines is 1. The molecule has 1 heterocycles. The summed E-state index contributed by atoms with van der Waals surface area (Å²) in [6, 6.07) is 5.75. The van der Waals surface area contributed by atoms with Crippen LogP contribution in [0.3, 0.4) is 0 Å². The third kappa shape index (κ3) is 3.16. The van der Waals surface area contributed by atoms with Gasteiger partial charge >= 0.3 is 0 Å². The van der Waals surface area contributed by atoms with Crippen molar-refractivity contribution in [2.24, 2.45) is 11.8 Å². The van der Waals surface area contributed by atoms with Gasteiger partial charge in [0.05, 0.1) is 11.9 Å². The summed E-state index contributed by atoms with van der Waals surface area (Å²) >= 11 is 0. The zero-order chi connectivity index (χ0) is 16.9. The molecule has 0 unspecified atom stereocenters. The number of aryl methyl sites for hydroxylation is 1. The minimum atomic E-state index is -3.26. The topological polar surface area (TPSA) is 66.5 Å². The Kier molecular flexibility index (Phi) is 3.82. The first-order valence-electron chi connectivity index (χ1n) is 8.85. The Balaban J connectivity index is 1.55. The normalized spacial score (nSPS) is 20.8. The molecular weight excluding hydrogens is 324 g/mol. The van der Waals surface area contributed by atoms with Crippen molar-refractivity contribution in [1.29, 1.82) is 0 Å². The minimum Gasteiger partial charge on any atom is -0.349 e. The van der Waals surface area contributed by atoms with Crippen LogP contribution >= 0.6 is 0 Å². The van der Waals surface area contributed by atoms with E-state index in [1.54, 1.807) is 12.1 Å². The summed E-state index contributed by atoms with van der Waals surface area (Å²) < 4.78 is 25.3. The van der Waals surface area contributed by atoms with Gasteiger partial charge in [0.15, 0.2) is 0 Å². The lowest BCUT2D eigenvalue weighted by Crippen LogP contribution is -2.38. The summed E-state index contributed by atoms with van der Waals surface area (Å²) in [7, 11) is -3.26. The lowest BCUT2D eigenvalue weighted by Gasteiger charge is -2.29. The lowest BCUT2D eigenvalue weighted by atomic mass is 10.00. The van der Waals surface area contributed by atoms with Crippen LogP contribution in [0.2, 0.25) is 0 Å². The number of rotatable bonds is 5. The molecule has 24 heavy (non-hydrogen) atoms. The summed E-state index contributed by atoms with van der Waals surface area (Å²) in [5.41, 5.74) is 2.32. The van der Waals surface area contributed by atoms with Crippen LogP contribution in [-0.4, -0.2) is 33.2 Å². The molecule has 1 N–H and O–H groups in total. The summed E-state index contributed by atoms with van der Waals surface area (Å²) in [5, 5.41) is 3.23. The summed E-state index contributed by atoms with van der Waals surface area (Å²) in [6.07, 6.45) is 7.77. The maximum atomic E-state index is 12.6. The second-order valence-electron chi connectivity index (χ2n) is 7.46. The van der Waals surface area contributed by atoms with Crippen LogP contribution in [0, 0.1) is 11.8 Å². The van der Waals surface area contributed by atoms with Gasteiger partial charge in [-0.25, -0.2) is 8.42 Å². The van der Waals surface area contributed by atoms with Gasteiger partial charge in [-0.05, 0) is 74.1 Å². The SMILES string of the molecule is CS(=O)(=O)N1CCCc2cc(C(=O)NC(C3CC3)C3CC3)ccc21. The maximum absolute atomic E-state index is 12.6. The summed E-state index contributed by atoms with van der Waals surface area (Å²) in [6.45, 7) is 0.517. The highest BCUT2D eigenvalue weighted by molar-refractivity contribution is 7.92. The zero-order valence-electron chi connectivity index (χ0n) is 14.0. The molecule has 1 amide bonds. The van der Waals surface area contributed by atoms with Crippen molar-refractivity contribution >= 4 is 21.6 Å². The standard InChI is InChI=1S/C18H24N2O3S/c1-24(22,23)20-10-2-3-14-11-15(8-9-16(14)20)18(21)19-17(12-4-5-12)13-6-7-13/h8-9,11-13,17H,2-7,10H2,1H3,(H,19,21). The Morgan fingerprint density at radius 3 is 2.46 bits per heavy atom. The van der Waals surface area contributed by atoms with Crippen molar-refractivity contribution in [2.75, 3.05) is 17.1 Å². The fraction of sp³-hybridized carbons (Fsp3) is 0.611. The van der Waals surface area contributed by atoms with Crippen molar-refractivity contribution in [3.05, 3.63) is 29.3 Å². The van der Waals surface area contributed by atoms with E-state index in [-0.39, 0.29) is 5.91 Å². The van der Waals surface area contributed by atoms with E-state index in [4.69, 9.17) is 0 Å². The fourth-order valence-electron chi connectivity index (χ4n) is 3.81. The first-order chi connectivity index (χ1) is 11.4. The van der Waals surface area contributed by atoms with Gasteiger partial charge < -0.3 is 5.32 Å². The predicted octanol–water partition coefficient (Wildman–Crippen LogP) is 2.32. The molecular formula is C18H24N2O3S. The molecule has 1 aromatic carbocycles. The highest BCUT2D eigenvalue weighted by atomic mass is 32.2. The molecule has 3 aliphatic rings. The molecule has 0 atom stereocenters. The van der Waals surface area contributed by atoms with E-state index >= 15 is 0 Å². The number of nitrogens with zero attached hydrogens (tertiary/aromatic N) is 1. The average molecular weight is 348 g/mol. The molecule has 1 aliphatic heterocycles. The van der Waals surface area contributed by atoms with E-state index in [9.17, 15) is 13.2 Å². The van der Waals surface area contributed by atoms with E-state index in [1.165, 1.54) is 36.2 Å². The molecule has 0 aromatic heterocycles. The van der Waals surface area contributed by atoms with Gasteiger partial charge in [-0.1, -0.05) is 0 Å². The maximum Gasteiger partial charge on any atom is 0.251 e. The van der Waals surface area contributed by atoms with Crippen molar-refractivity contribution < 1.29 is 13.2 Å². The highest BCUT2D eigenvalue weighted by Crippen LogP contribution is 2.44. The molecule has 2 fully saturated rings. The molecule has 0 spiro atoms. The Bertz CT molecular complexity index is 754. The molecule has 0 saturated heterocycles. The Morgan fingerprint density at radius 2 is 1.88 bits per heavy atom. The quantitative estimate of drug-likeness (QED) is 0.888. The van der Waals surface area contributed by atoms with Gasteiger partial charge in [0.25, 0.3) is 5.91 Å². The summed E-state index contributed by atoms with van der Waals surface area (Å²) in [4.78, 5) is 12.6. The number of fused-ring (bicyclic) bond motifs is 1. The number of nitrogens with one attached hydrogen (secondary N) is 1. The number of hydrogen-bond acceptors (Lipinski definition) is 3. The Hall–Kier alpha value is -1.56. The van der Waals surface area contributed by atoms with Gasteiger partial charge in [0, 0.05) is 18.2 Å². The molecule has 2 saturated carbocycles. The van der Waals surface area contributed by atoms with Crippen LogP contribution < -0.4 is 9.62 Å². The van der Waals surface area contributed by atoms with Gasteiger partial charge in [-0.15, -0.1) is 0 Å². The van der Waals surface area contributed by atoms with E-state index in [1.807, 2.05) is 6.07 Å². The molecule has 0 radical (unpaired) electrons. The van der Waals surface area contributed by atoms with Gasteiger partial charge in [0.1, 0.15) is 0 Å². The molecule has 1 aromatic rings. The van der Waals surface area contributed by atoms with Crippen molar-refractivity contribution in [2.45, 2.75) is 44.6 Å². The van der Waals surface area contributed by atoms with E-state index < -0.39 is 10.0 Å². The molecule has 2 aliphatic carbocycles.